The fraction of sp³-hybridized carbons (Fsp3) is 0.667. The van der Waals surface area contributed by atoms with Crippen molar-refractivity contribution in [2.45, 2.75) is 52.5 Å². The summed E-state index contributed by atoms with van der Waals surface area (Å²) in [6, 6.07) is 4.76. The summed E-state index contributed by atoms with van der Waals surface area (Å²) in [5.41, 5.74) is 1.66. The number of aromatic nitrogens is 1. The van der Waals surface area contributed by atoms with Gasteiger partial charge in [-0.15, -0.1) is 0 Å². The topological polar surface area (TPSA) is 37.0 Å². The van der Waals surface area contributed by atoms with Crippen molar-refractivity contribution < 1.29 is 0 Å². The third-order valence-corrected chi connectivity index (χ3v) is 3.69. The predicted octanol–water partition coefficient (Wildman–Crippen LogP) is 3.89. The highest BCUT2D eigenvalue weighted by atomic mass is 15.0. The van der Waals surface area contributed by atoms with E-state index in [2.05, 4.69) is 48.5 Å². The third-order valence-electron chi connectivity index (χ3n) is 3.69. The van der Waals surface area contributed by atoms with E-state index in [4.69, 9.17) is 0 Å². The highest BCUT2D eigenvalue weighted by Crippen LogP contribution is 2.36. The van der Waals surface area contributed by atoms with Gasteiger partial charge in [-0.3, -0.25) is 0 Å². The van der Waals surface area contributed by atoms with Gasteiger partial charge in [0.05, 0.1) is 0 Å². The quantitative estimate of drug-likeness (QED) is 0.847. The van der Waals surface area contributed by atoms with E-state index < -0.39 is 0 Å². The first-order chi connectivity index (χ1) is 8.59. The van der Waals surface area contributed by atoms with Crippen LogP contribution < -0.4 is 10.6 Å². The minimum Gasteiger partial charge on any atom is -0.382 e. The lowest BCUT2D eigenvalue weighted by Gasteiger charge is -2.36. The van der Waals surface area contributed by atoms with Crippen molar-refractivity contribution >= 4 is 11.5 Å². The lowest BCUT2D eigenvalue weighted by Crippen LogP contribution is -2.31. The van der Waals surface area contributed by atoms with Gasteiger partial charge in [0.25, 0.3) is 0 Å². The molecule has 100 valence electrons. The molecule has 1 fully saturated rings. The van der Waals surface area contributed by atoms with E-state index in [0.717, 1.165) is 12.4 Å². The van der Waals surface area contributed by atoms with Crippen LogP contribution in [0.5, 0.6) is 0 Å². The summed E-state index contributed by atoms with van der Waals surface area (Å²) in [5, 5.41) is 6.91. The molecule has 1 aromatic rings. The second-order valence-corrected chi connectivity index (χ2v) is 6.06. The normalized spacial score (nSPS) is 22.5. The van der Waals surface area contributed by atoms with Gasteiger partial charge in [0, 0.05) is 30.5 Å². The van der Waals surface area contributed by atoms with Gasteiger partial charge in [-0.05, 0) is 37.7 Å². The lowest BCUT2D eigenvalue weighted by atomic mass is 9.75. The molecule has 1 unspecified atom stereocenters. The summed E-state index contributed by atoms with van der Waals surface area (Å²) in [5.74, 6) is 0.956. The Bertz CT molecular complexity index is 387. The fourth-order valence-electron chi connectivity index (χ4n) is 2.86. The molecule has 0 aliphatic heterocycles. The molecule has 1 saturated carbocycles. The second kappa shape index (κ2) is 5.59. The Labute approximate surface area is 110 Å². The molecule has 1 aliphatic carbocycles. The van der Waals surface area contributed by atoms with Crippen molar-refractivity contribution in [2.24, 2.45) is 5.41 Å². The van der Waals surface area contributed by atoms with Crippen molar-refractivity contribution in [3.63, 3.8) is 0 Å². The van der Waals surface area contributed by atoms with Gasteiger partial charge in [-0.2, -0.15) is 0 Å². The van der Waals surface area contributed by atoms with Crippen molar-refractivity contribution in [2.75, 3.05) is 17.2 Å². The highest BCUT2D eigenvalue weighted by Gasteiger charge is 2.27. The zero-order valence-corrected chi connectivity index (χ0v) is 11.8. The monoisotopic (exact) mass is 247 g/mol. The van der Waals surface area contributed by atoms with E-state index in [1.165, 1.54) is 31.4 Å². The van der Waals surface area contributed by atoms with Gasteiger partial charge >= 0.3 is 0 Å². The molecule has 1 aliphatic rings. The molecule has 0 bridgehead atoms. The molecule has 18 heavy (non-hydrogen) atoms. The molecule has 0 spiro atoms. The highest BCUT2D eigenvalue weighted by molar-refractivity contribution is 5.52. The van der Waals surface area contributed by atoms with Crippen LogP contribution in [0.25, 0.3) is 0 Å². The summed E-state index contributed by atoms with van der Waals surface area (Å²) < 4.78 is 0. The van der Waals surface area contributed by atoms with Crippen LogP contribution in [0.15, 0.2) is 18.3 Å². The predicted molar refractivity (Wildman–Crippen MR) is 78.1 cm³/mol. The maximum atomic E-state index is 4.30. The van der Waals surface area contributed by atoms with E-state index in [9.17, 15) is 0 Å². The van der Waals surface area contributed by atoms with Crippen molar-refractivity contribution in [3.8, 4) is 0 Å². The van der Waals surface area contributed by atoms with Crippen molar-refractivity contribution in [3.05, 3.63) is 18.3 Å². The lowest BCUT2D eigenvalue weighted by molar-refractivity contribution is 0.229. The van der Waals surface area contributed by atoms with E-state index in [1.54, 1.807) is 0 Å². The maximum absolute atomic E-state index is 4.30. The molecule has 1 aromatic heterocycles. The number of nitrogens with one attached hydrogen (secondary N) is 2. The van der Waals surface area contributed by atoms with E-state index in [0.29, 0.717) is 11.5 Å². The van der Waals surface area contributed by atoms with Gasteiger partial charge in [0.1, 0.15) is 5.82 Å². The van der Waals surface area contributed by atoms with Crippen LogP contribution in [-0.2, 0) is 0 Å². The molecule has 0 aromatic carbocycles. The Morgan fingerprint density at radius 1 is 1.44 bits per heavy atom. The molecule has 0 amide bonds. The third kappa shape index (κ3) is 3.62. The van der Waals surface area contributed by atoms with Gasteiger partial charge in [-0.1, -0.05) is 20.3 Å². The number of nitrogens with zero attached hydrogens (tertiary/aromatic N) is 1. The number of hydrogen-bond acceptors (Lipinski definition) is 3. The molecule has 2 rings (SSSR count). The van der Waals surface area contributed by atoms with E-state index >= 15 is 0 Å². The first-order valence-corrected chi connectivity index (χ1v) is 7.05. The molecular formula is C15H25N3. The van der Waals surface area contributed by atoms with Crippen LogP contribution >= 0.6 is 0 Å². The summed E-state index contributed by atoms with van der Waals surface area (Å²) in [6.45, 7) is 7.74. The Morgan fingerprint density at radius 3 is 3.00 bits per heavy atom. The van der Waals surface area contributed by atoms with Crippen LogP contribution in [-0.4, -0.2) is 17.6 Å². The second-order valence-electron chi connectivity index (χ2n) is 6.06. The van der Waals surface area contributed by atoms with Gasteiger partial charge in [0.15, 0.2) is 0 Å². The average Bonchev–Trinajstić information content (AvgIpc) is 2.28. The van der Waals surface area contributed by atoms with Crippen molar-refractivity contribution in [1.82, 2.24) is 4.98 Å². The number of hydrogen-bond donors (Lipinski definition) is 2. The Hall–Kier alpha value is -1.25. The molecule has 3 heteroatoms. The minimum absolute atomic E-state index is 0.480. The number of rotatable bonds is 4. The van der Waals surface area contributed by atoms with Crippen LogP contribution in [0.2, 0.25) is 0 Å². The molecule has 2 N–H and O–H groups in total. The molecular weight excluding hydrogens is 222 g/mol. The molecule has 0 radical (unpaired) electrons. The van der Waals surface area contributed by atoms with E-state index in [-0.39, 0.29) is 0 Å². The Morgan fingerprint density at radius 2 is 2.28 bits per heavy atom. The smallest absolute Gasteiger partial charge is 0.127 e. The molecule has 1 atom stereocenters. The maximum Gasteiger partial charge on any atom is 0.127 e. The average molecular weight is 247 g/mol. The molecule has 1 heterocycles. The molecule has 0 saturated heterocycles. The van der Waals surface area contributed by atoms with Gasteiger partial charge in [-0.25, -0.2) is 4.98 Å². The Kier molecular flexibility index (Phi) is 4.10. The first kappa shape index (κ1) is 13.2. The summed E-state index contributed by atoms with van der Waals surface area (Å²) in [4.78, 5) is 4.30. The largest absolute Gasteiger partial charge is 0.382 e. The Balaban J connectivity index is 1.98. The number of anilines is 2. The summed E-state index contributed by atoms with van der Waals surface area (Å²) >= 11 is 0. The first-order valence-electron chi connectivity index (χ1n) is 7.05. The van der Waals surface area contributed by atoms with Gasteiger partial charge < -0.3 is 10.6 Å². The zero-order valence-electron chi connectivity index (χ0n) is 11.8. The summed E-state index contributed by atoms with van der Waals surface area (Å²) in [6.07, 6.45) is 7.09. The van der Waals surface area contributed by atoms with Crippen molar-refractivity contribution in [1.29, 1.82) is 0 Å². The fourth-order valence-corrected chi connectivity index (χ4v) is 2.86. The summed E-state index contributed by atoms with van der Waals surface area (Å²) in [7, 11) is 0. The van der Waals surface area contributed by atoms with E-state index in [1.807, 2.05) is 6.20 Å². The minimum atomic E-state index is 0.480. The van der Waals surface area contributed by atoms with Crippen LogP contribution in [0.4, 0.5) is 11.5 Å². The standard InChI is InChI=1S/C15H25N3/c1-4-16-14-10-12(7-9-17-14)18-13-6-5-8-15(2,3)11-13/h7,9-10,13H,4-6,8,11H2,1-3H3,(H2,16,17,18). The SMILES string of the molecule is CCNc1cc(NC2CCCC(C)(C)C2)ccn1. The molecule has 3 nitrogen and oxygen atoms in total. The zero-order chi connectivity index (χ0) is 13.0. The van der Waals surface area contributed by atoms with Gasteiger partial charge in [0.2, 0.25) is 0 Å². The van der Waals surface area contributed by atoms with Crippen LogP contribution in [0, 0.1) is 5.41 Å². The van der Waals surface area contributed by atoms with Crippen LogP contribution in [0.1, 0.15) is 46.5 Å². The van der Waals surface area contributed by atoms with Crippen LogP contribution in [0.3, 0.4) is 0 Å². The number of pyridine rings is 1.